The zero-order valence-electron chi connectivity index (χ0n) is 27.6. The van der Waals surface area contributed by atoms with Crippen LogP contribution in [0.5, 0.6) is 0 Å². The lowest BCUT2D eigenvalue weighted by atomic mass is 10.0. The van der Waals surface area contributed by atoms with Gasteiger partial charge in [-0.2, -0.15) is 0 Å². The molecule has 0 aliphatic heterocycles. The van der Waals surface area contributed by atoms with Crippen LogP contribution >= 0.6 is 0 Å². The highest BCUT2D eigenvalue weighted by Crippen LogP contribution is 2.40. The number of rotatable bonds is 2. The maximum absolute atomic E-state index is 6.42. The fourth-order valence-corrected chi connectivity index (χ4v) is 8.33. The van der Waals surface area contributed by atoms with Crippen molar-refractivity contribution in [3.8, 4) is 11.4 Å². The van der Waals surface area contributed by atoms with Crippen LogP contribution in [0.1, 0.15) is 0 Å². The molecule has 0 aliphatic carbocycles. The number of aromatic nitrogens is 2. The van der Waals surface area contributed by atoms with Crippen molar-refractivity contribution in [2.75, 3.05) is 0 Å². The van der Waals surface area contributed by atoms with Crippen molar-refractivity contribution in [1.29, 1.82) is 0 Å². The lowest BCUT2D eigenvalue weighted by molar-refractivity contribution is 0.669. The molecule has 3 heteroatoms. The molecule has 3 heterocycles. The molecule has 3 nitrogen and oxygen atoms in total. The van der Waals surface area contributed by atoms with Gasteiger partial charge in [0.25, 0.3) is 0 Å². The third-order valence-corrected chi connectivity index (χ3v) is 10.5. The summed E-state index contributed by atoms with van der Waals surface area (Å²) in [4.78, 5) is 0. The van der Waals surface area contributed by atoms with Crippen molar-refractivity contribution in [3.63, 3.8) is 0 Å². The average Bonchev–Trinajstić information content (AvgIpc) is 3.73. The second-order valence-electron chi connectivity index (χ2n) is 13.3. The van der Waals surface area contributed by atoms with Crippen LogP contribution in [-0.4, -0.2) is 9.13 Å². The summed E-state index contributed by atoms with van der Waals surface area (Å²) < 4.78 is 11.2. The molecule has 11 aromatic rings. The molecule has 0 fully saturated rings. The normalized spacial score (nSPS) is 11.9. The molecular weight excluding hydrogens is 621 g/mol. The fourth-order valence-electron chi connectivity index (χ4n) is 8.33. The zero-order valence-corrected chi connectivity index (χ0v) is 27.6. The van der Waals surface area contributed by atoms with Gasteiger partial charge in [-0.05, 0) is 76.1 Å². The molecule has 0 atom stereocenters. The van der Waals surface area contributed by atoms with Gasteiger partial charge in [0.05, 0.1) is 22.1 Å². The van der Waals surface area contributed by atoms with Gasteiger partial charge in [-0.1, -0.05) is 121 Å². The van der Waals surface area contributed by atoms with Gasteiger partial charge < -0.3 is 13.6 Å². The first-order chi connectivity index (χ1) is 25.3. The number of hydrogen-bond acceptors (Lipinski definition) is 1. The molecule has 8 aromatic carbocycles. The first-order valence-electron chi connectivity index (χ1n) is 17.4. The first-order valence-corrected chi connectivity index (χ1v) is 17.4. The Hall–Kier alpha value is -6.84. The van der Waals surface area contributed by atoms with Crippen LogP contribution in [0.2, 0.25) is 0 Å². The van der Waals surface area contributed by atoms with Crippen molar-refractivity contribution in [3.05, 3.63) is 182 Å². The van der Waals surface area contributed by atoms with Crippen LogP contribution in [-0.2, 0) is 0 Å². The van der Waals surface area contributed by atoms with Crippen LogP contribution in [0, 0.1) is 0 Å². The maximum atomic E-state index is 6.42. The molecule has 51 heavy (non-hydrogen) atoms. The van der Waals surface area contributed by atoms with E-state index in [1.165, 1.54) is 43.1 Å². The number of fused-ring (bicyclic) bond motifs is 13. The number of nitrogens with zero attached hydrogens (tertiary/aromatic N) is 2. The first kappa shape index (κ1) is 28.0. The Morgan fingerprint density at radius 2 is 0.725 bits per heavy atom. The second-order valence-corrected chi connectivity index (χ2v) is 13.3. The number of furan rings is 1. The van der Waals surface area contributed by atoms with Crippen molar-refractivity contribution in [2.45, 2.75) is 0 Å². The van der Waals surface area contributed by atoms with E-state index >= 15 is 0 Å². The molecule has 0 aliphatic rings. The number of para-hydroxylation sites is 4. The van der Waals surface area contributed by atoms with Crippen molar-refractivity contribution >= 4 is 87.1 Å². The number of benzene rings is 8. The quantitative estimate of drug-likeness (QED) is 0.183. The molecule has 0 bridgehead atoms. The smallest absolute Gasteiger partial charge is 0.137 e. The molecule has 0 radical (unpaired) electrons. The molecule has 0 amide bonds. The van der Waals surface area contributed by atoms with E-state index in [0.717, 1.165) is 55.4 Å². The molecule has 3 aromatic heterocycles. The monoisotopic (exact) mass is 650 g/mol. The third-order valence-electron chi connectivity index (χ3n) is 10.5. The van der Waals surface area contributed by atoms with E-state index in [4.69, 9.17) is 4.42 Å². The summed E-state index contributed by atoms with van der Waals surface area (Å²) in [5.41, 5.74) is 8.56. The summed E-state index contributed by atoms with van der Waals surface area (Å²) in [6.45, 7) is 0. The van der Waals surface area contributed by atoms with Crippen LogP contribution in [0.4, 0.5) is 0 Å². The van der Waals surface area contributed by atoms with Gasteiger partial charge in [-0.25, -0.2) is 0 Å². The molecule has 0 saturated carbocycles. The summed E-state index contributed by atoms with van der Waals surface area (Å²) in [6.07, 6.45) is 0. The lowest BCUT2D eigenvalue weighted by Crippen LogP contribution is -1.98. The summed E-state index contributed by atoms with van der Waals surface area (Å²) in [5, 5.41) is 11.9. The number of hydrogen-bond donors (Lipinski definition) is 0. The van der Waals surface area contributed by atoms with E-state index in [1.807, 2.05) is 6.07 Å². The summed E-state index contributed by atoms with van der Waals surface area (Å²) in [5.74, 6) is 0. The maximum Gasteiger partial charge on any atom is 0.137 e. The molecule has 0 spiro atoms. The van der Waals surface area contributed by atoms with Crippen molar-refractivity contribution in [1.82, 2.24) is 9.13 Å². The summed E-state index contributed by atoms with van der Waals surface area (Å²) in [6, 6.07) is 65.8. The van der Waals surface area contributed by atoms with Crippen molar-refractivity contribution in [2.24, 2.45) is 0 Å². The van der Waals surface area contributed by atoms with Gasteiger partial charge >= 0.3 is 0 Å². The second kappa shape index (κ2) is 10.8. The zero-order chi connectivity index (χ0) is 33.5. The van der Waals surface area contributed by atoms with E-state index in [0.29, 0.717) is 0 Å². The van der Waals surface area contributed by atoms with E-state index in [2.05, 4.69) is 185 Å². The predicted molar refractivity (Wildman–Crippen MR) is 215 cm³/mol. The Morgan fingerprint density at radius 1 is 0.255 bits per heavy atom. The highest BCUT2D eigenvalue weighted by molar-refractivity contribution is 6.20. The third kappa shape index (κ3) is 4.12. The van der Waals surface area contributed by atoms with Gasteiger partial charge in [-0.3, -0.25) is 0 Å². The summed E-state index contributed by atoms with van der Waals surface area (Å²) >= 11 is 0. The Balaban J connectivity index is 1.35. The van der Waals surface area contributed by atoms with Crippen molar-refractivity contribution < 1.29 is 4.42 Å². The molecule has 238 valence electrons. The molecule has 0 N–H and O–H groups in total. The largest absolute Gasteiger partial charge is 0.456 e. The highest BCUT2D eigenvalue weighted by Gasteiger charge is 2.18. The lowest BCUT2D eigenvalue weighted by Gasteiger charge is -2.14. The minimum Gasteiger partial charge on any atom is -0.456 e. The predicted octanol–water partition coefficient (Wildman–Crippen LogP) is 13.2. The Bertz CT molecular complexity index is 3150. The fraction of sp³-hybridized carbons (Fsp3) is 0. The topological polar surface area (TPSA) is 23.0 Å². The van der Waals surface area contributed by atoms with E-state index < -0.39 is 0 Å². The van der Waals surface area contributed by atoms with E-state index in [-0.39, 0.29) is 0 Å². The Labute approximate surface area is 293 Å². The SMILES string of the molecule is c1ccc(-n2c3ccc(-n4c5ccccc5c5ccccc5c5ccccc5c5ccccc54)cc3c3cc4c(cc32)oc2ccccc24)cc1. The Kier molecular flexibility index (Phi) is 5.96. The standard InChI is InChI=1S/C48H30N2O/c1-2-14-31(15-3-1)49-45-27-26-32(28-40(45)41-29-42-39-22-10-13-25-47(39)51-48(42)30-46(41)49)50-43-23-11-8-20-37(43)35-18-6-4-16-33(35)34-17-5-7-19-36(34)38-21-9-12-24-44(38)50/h1-30H. The molecule has 0 saturated heterocycles. The highest BCUT2D eigenvalue weighted by atomic mass is 16.3. The van der Waals surface area contributed by atoms with Gasteiger partial charge in [0.15, 0.2) is 0 Å². The molecular formula is C48H30N2O. The van der Waals surface area contributed by atoms with Crippen LogP contribution in [0.25, 0.3) is 98.5 Å². The minimum atomic E-state index is 0.893. The molecule has 11 rings (SSSR count). The van der Waals surface area contributed by atoms with Crippen LogP contribution in [0.3, 0.4) is 0 Å². The van der Waals surface area contributed by atoms with E-state index in [9.17, 15) is 0 Å². The van der Waals surface area contributed by atoms with Gasteiger partial charge in [0.1, 0.15) is 11.2 Å². The summed E-state index contributed by atoms with van der Waals surface area (Å²) in [7, 11) is 0. The van der Waals surface area contributed by atoms with Crippen LogP contribution < -0.4 is 0 Å². The van der Waals surface area contributed by atoms with Gasteiger partial charge in [0, 0.05) is 49.8 Å². The van der Waals surface area contributed by atoms with Gasteiger partial charge in [0.2, 0.25) is 0 Å². The Morgan fingerprint density at radius 3 is 1.37 bits per heavy atom. The van der Waals surface area contributed by atoms with Gasteiger partial charge in [-0.15, -0.1) is 0 Å². The van der Waals surface area contributed by atoms with Crippen LogP contribution in [0.15, 0.2) is 186 Å². The van der Waals surface area contributed by atoms with E-state index in [1.54, 1.807) is 0 Å². The molecule has 0 unspecified atom stereocenters. The minimum absolute atomic E-state index is 0.893. The average molecular weight is 651 g/mol.